The zero-order chi connectivity index (χ0) is 13.0. The van der Waals surface area contributed by atoms with E-state index in [1.807, 2.05) is 18.2 Å². The summed E-state index contributed by atoms with van der Waals surface area (Å²) in [6.07, 6.45) is 1.08. The van der Waals surface area contributed by atoms with Gasteiger partial charge in [-0.1, -0.05) is 24.6 Å². The zero-order valence-corrected chi connectivity index (χ0v) is 11.7. The highest BCUT2D eigenvalue weighted by Crippen LogP contribution is 2.33. The maximum atomic E-state index is 13.4. The maximum Gasteiger partial charge on any atom is 0.123 e. The first-order valence-electron chi connectivity index (χ1n) is 5.95. The van der Waals surface area contributed by atoms with Crippen LogP contribution in [-0.2, 0) is 6.54 Å². The van der Waals surface area contributed by atoms with Crippen LogP contribution in [0.2, 0.25) is 4.34 Å². The SMILES string of the molecule is CCCNCc1ccc(F)cc1-c1ccc(Cl)s1. The summed E-state index contributed by atoms with van der Waals surface area (Å²) >= 11 is 7.41. The lowest BCUT2D eigenvalue weighted by atomic mass is 10.1. The maximum absolute atomic E-state index is 13.4. The van der Waals surface area contributed by atoms with Crippen molar-refractivity contribution in [1.29, 1.82) is 0 Å². The van der Waals surface area contributed by atoms with Crippen molar-refractivity contribution in [2.75, 3.05) is 6.54 Å². The summed E-state index contributed by atoms with van der Waals surface area (Å²) in [5.74, 6) is -0.214. The molecule has 0 unspecified atom stereocenters. The Morgan fingerprint density at radius 2 is 2.11 bits per heavy atom. The summed E-state index contributed by atoms with van der Waals surface area (Å²) in [5, 5.41) is 3.34. The first-order chi connectivity index (χ1) is 8.70. The van der Waals surface area contributed by atoms with Crippen LogP contribution < -0.4 is 5.32 Å². The predicted octanol–water partition coefficient (Wildman–Crippen LogP) is 4.71. The van der Waals surface area contributed by atoms with Crippen LogP contribution in [0.5, 0.6) is 0 Å². The molecule has 1 N–H and O–H groups in total. The van der Waals surface area contributed by atoms with E-state index in [2.05, 4.69) is 12.2 Å². The molecule has 0 aliphatic carbocycles. The van der Waals surface area contributed by atoms with Crippen LogP contribution in [0.3, 0.4) is 0 Å². The van der Waals surface area contributed by atoms with E-state index in [0.717, 1.165) is 39.9 Å². The lowest BCUT2D eigenvalue weighted by Gasteiger charge is -2.09. The third-order valence-electron chi connectivity index (χ3n) is 2.65. The number of hydrogen-bond donors (Lipinski definition) is 1. The lowest BCUT2D eigenvalue weighted by molar-refractivity contribution is 0.625. The second-order valence-electron chi connectivity index (χ2n) is 4.08. The molecule has 0 saturated heterocycles. The summed E-state index contributed by atoms with van der Waals surface area (Å²) in [6, 6.07) is 8.69. The van der Waals surface area contributed by atoms with Gasteiger partial charge in [0, 0.05) is 11.4 Å². The van der Waals surface area contributed by atoms with Crippen molar-refractivity contribution in [1.82, 2.24) is 5.32 Å². The van der Waals surface area contributed by atoms with Crippen molar-refractivity contribution in [3.05, 3.63) is 46.0 Å². The van der Waals surface area contributed by atoms with Crippen LogP contribution in [0.15, 0.2) is 30.3 Å². The van der Waals surface area contributed by atoms with Gasteiger partial charge in [0.1, 0.15) is 5.82 Å². The highest BCUT2D eigenvalue weighted by molar-refractivity contribution is 7.19. The molecule has 2 aromatic rings. The normalized spacial score (nSPS) is 10.8. The first-order valence-corrected chi connectivity index (χ1v) is 7.15. The highest BCUT2D eigenvalue weighted by atomic mass is 35.5. The largest absolute Gasteiger partial charge is 0.313 e. The van der Waals surface area contributed by atoms with E-state index in [1.165, 1.54) is 17.4 Å². The van der Waals surface area contributed by atoms with E-state index in [4.69, 9.17) is 11.6 Å². The van der Waals surface area contributed by atoms with Crippen LogP contribution >= 0.6 is 22.9 Å². The molecular weight excluding hydrogens is 269 g/mol. The molecule has 1 aromatic heterocycles. The first kappa shape index (κ1) is 13.5. The molecule has 96 valence electrons. The van der Waals surface area contributed by atoms with Crippen molar-refractivity contribution in [3.63, 3.8) is 0 Å². The van der Waals surface area contributed by atoms with E-state index in [1.54, 1.807) is 6.07 Å². The molecule has 0 aliphatic rings. The third kappa shape index (κ3) is 3.31. The number of benzene rings is 1. The molecule has 0 spiro atoms. The summed E-state index contributed by atoms with van der Waals surface area (Å²) in [4.78, 5) is 1.01. The molecule has 0 saturated carbocycles. The monoisotopic (exact) mass is 283 g/mol. The molecule has 0 radical (unpaired) electrons. The molecule has 0 fully saturated rings. The minimum atomic E-state index is -0.214. The van der Waals surface area contributed by atoms with Gasteiger partial charge in [0.2, 0.25) is 0 Å². The molecule has 0 bridgehead atoms. The lowest BCUT2D eigenvalue weighted by Crippen LogP contribution is -2.14. The second-order valence-corrected chi connectivity index (χ2v) is 5.80. The molecule has 1 heterocycles. The Balaban J connectivity index is 2.29. The standard InChI is InChI=1S/C14H15ClFNS/c1-2-7-17-9-10-3-4-11(16)8-12(10)13-5-6-14(15)18-13/h3-6,8,17H,2,7,9H2,1H3. The van der Waals surface area contributed by atoms with Crippen LogP contribution in [0.1, 0.15) is 18.9 Å². The van der Waals surface area contributed by atoms with Gasteiger partial charge in [0.25, 0.3) is 0 Å². The van der Waals surface area contributed by atoms with Crippen LogP contribution in [-0.4, -0.2) is 6.54 Å². The van der Waals surface area contributed by atoms with Gasteiger partial charge in [-0.05, 0) is 48.4 Å². The van der Waals surface area contributed by atoms with Gasteiger partial charge in [0.15, 0.2) is 0 Å². The fourth-order valence-corrected chi connectivity index (χ4v) is 2.89. The van der Waals surface area contributed by atoms with Crippen molar-refractivity contribution in [3.8, 4) is 10.4 Å². The average molecular weight is 284 g/mol. The van der Waals surface area contributed by atoms with Crippen LogP contribution in [0, 0.1) is 5.82 Å². The number of rotatable bonds is 5. The molecule has 0 atom stereocenters. The average Bonchev–Trinajstić information content (AvgIpc) is 2.78. The minimum Gasteiger partial charge on any atom is -0.313 e. The van der Waals surface area contributed by atoms with E-state index < -0.39 is 0 Å². The van der Waals surface area contributed by atoms with Gasteiger partial charge < -0.3 is 5.32 Å². The molecule has 1 aromatic carbocycles. The molecule has 0 aliphatic heterocycles. The number of nitrogens with one attached hydrogen (secondary N) is 1. The van der Waals surface area contributed by atoms with E-state index in [0.29, 0.717) is 0 Å². The smallest absolute Gasteiger partial charge is 0.123 e. The fraction of sp³-hybridized carbons (Fsp3) is 0.286. The molecule has 4 heteroatoms. The van der Waals surface area contributed by atoms with E-state index in [9.17, 15) is 4.39 Å². The minimum absolute atomic E-state index is 0.214. The zero-order valence-electron chi connectivity index (χ0n) is 10.2. The van der Waals surface area contributed by atoms with Crippen molar-refractivity contribution < 1.29 is 4.39 Å². The van der Waals surface area contributed by atoms with Crippen molar-refractivity contribution >= 4 is 22.9 Å². The fourth-order valence-electron chi connectivity index (χ4n) is 1.79. The summed E-state index contributed by atoms with van der Waals surface area (Å²) in [6.45, 7) is 3.83. The molecule has 18 heavy (non-hydrogen) atoms. The molecule has 0 amide bonds. The Morgan fingerprint density at radius 3 is 2.78 bits per heavy atom. The van der Waals surface area contributed by atoms with Gasteiger partial charge in [-0.15, -0.1) is 11.3 Å². The van der Waals surface area contributed by atoms with E-state index in [-0.39, 0.29) is 5.82 Å². The van der Waals surface area contributed by atoms with Crippen molar-refractivity contribution in [2.45, 2.75) is 19.9 Å². The number of thiophene rings is 1. The topological polar surface area (TPSA) is 12.0 Å². The van der Waals surface area contributed by atoms with E-state index >= 15 is 0 Å². The Labute approximate surface area is 116 Å². The quantitative estimate of drug-likeness (QED) is 0.784. The van der Waals surface area contributed by atoms with Gasteiger partial charge in [-0.2, -0.15) is 0 Å². The van der Waals surface area contributed by atoms with Crippen molar-refractivity contribution in [2.24, 2.45) is 0 Å². The Bertz CT molecular complexity index is 524. The summed E-state index contributed by atoms with van der Waals surface area (Å²) in [5.41, 5.74) is 2.03. The summed E-state index contributed by atoms with van der Waals surface area (Å²) < 4.78 is 14.1. The molecule has 1 nitrogen and oxygen atoms in total. The van der Waals surface area contributed by atoms with Gasteiger partial charge in [-0.25, -0.2) is 4.39 Å². The Kier molecular flexibility index (Phi) is 4.75. The van der Waals surface area contributed by atoms with Crippen LogP contribution in [0.4, 0.5) is 4.39 Å². The Morgan fingerprint density at radius 1 is 1.28 bits per heavy atom. The number of halogens is 2. The highest BCUT2D eigenvalue weighted by Gasteiger charge is 2.08. The van der Waals surface area contributed by atoms with Gasteiger partial charge in [-0.3, -0.25) is 0 Å². The molecule has 2 rings (SSSR count). The Hall–Kier alpha value is -0.900. The van der Waals surface area contributed by atoms with Gasteiger partial charge >= 0.3 is 0 Å². The number of hydrogen-bond acceptors (Lipinski definition) is 2. The summed E-state index contributed by atoms with van der Waals surface area (Å²) in [7, 11) is 0. The van der Waals surface area contributed by atoms with Gasteiger partial charge in [0.05, 0.1) is 4.34 Å². The third-order valence-corrected chi connectivity index (χ3v) is 3.92. The second kappa shape index (κ2) is 6.32. The molecular formula is C14H15ClFNS. The van der Waals surface area contributed by atoms with Crippen LogP contribution in [0.25, 0.3) is 10.4 Å². The predicted molar refractivity (Wildman–Crippen MR) is 76.7 cm³/mol.